The summed E-state index contributed by atoms with van der Waals surface area (Å²) in [5.74, 6) is -0.796. The van der Waals surface area contributed by atoms with E-state index in [2.05, 4.69) is 26.0 Å². The number of rotatable bonds is 57. The number of phosphoric acid groups is 1. The average Bonchev–Trinajstić information content (AvgIpc) is 3.32. The average molecular weight is 1010 g/mol. The quantitative estimate of drug-likeness (QED) is 0.0211. The van der Waals surface area contributed by atoms with E-state index in [-0.39, 0.29) is 25.6 Å². The van der Waals surface area contributed by atoms with E-state index in [0.717, 1.165) is 57.8 Å². The number of phosphoric ester groups is 1. The van der Waals surface area contributed by atoms with Crippen LogP contribution in [0.25, 0.3) is 0 Å². The van der Waals surface area contributed by atoms with Crippen LogP contribution in [0.1, 0.15) is 309 Å². The lowest BCUT2D eigenvalue weighted by Gasteiger charge is -2.24. The molecule has 416 valence electrons. The van der Waals surface area contributed by atoms with Gasteiger partial charge >= 0.3 is 19.8 Å². The van der Waals surface area contributed by atoms with Gasteiger partial charge in [0.05, 0.1) is 27.7 Å². The Bertz CT molecular complexity index is 1190. The minimum absolute atomic E-state index is 0.0333. The van der Waals surface area contributed by atoms with E-state index in [9.17, 15) is 19.0 Å². The van der Waals surface area contributed by atoms with Crippen molar-refractivity contribution < 1.29 is 42.1 Å². The minimum atomic E-state index is -4.37. The normalized spacial score (nSPS) is 13.3. The minimum Gasteiger partial charge on any atom is -0.462 e. The van der Waals surface area contributed by atoms with Gasteiger partial charge in [0, 0.05) is 12.8 Å². The zero-order valence-electron chi connectivity index (χ0n) is 47.3. The maximum absolute atomic E-state index is 12.7. The maximum atomic E-state index is 12.7. The Kier molecular flexibility index (Phi) is 51.7. The summed E-state index contributed by atoms with van der Waals surface area (Å²) in [7, 11) is 1.49. The van der Waals surface area contributed by atoms with E-state index in [1.165, 1.54) is 218 Å². The molecule has 0 spiro atoms. The summed E-state index contributed by atoms with van der Waals surface area (Å²) < 4.78 is 34.4. The highest BCUT2D eigenvalue weighted by Gasteiger charge is 2.27. The first-order valence-corrected chi connectivity index (χ1v) is 31.9. The highest BCUT2D eigenvalue weighted by atomic mass is 31.2. The Morgan fingerprint density at radius 1 is 0.429 bits per heavy atom. The molecule has 0 aromatic rings. The molecule has 0 rings (SSSR count). The number of hydrogen-bond acceptors (Lipinski definition) is 7. The van der Waals surface area contributed by atoms with Crippen molar-refractivity contribution in [1.29, 1.82) is 0 Å². The van der Waals surface area contributed by atoms with Gasteiger partial charge in [0.2, 0.25) is 0 Å². The number of allylic oxidation sites excluding steroid dienone is 2. The molecule has 0 aliphatic heterocycles. The van der Waals surface area contributed by atoms with Gasteiger partial charge in [0.15, 0.2) is 6.10 Å². The predicted molar refractivity (Wildman–Crippen MR) is 298 cm³/mol. The van der Waals surface area contributed by atoms with E-state index < -0.39 is 26.5 Å². The highest BCUT2D eigenvalue weighted by molar-refractivity contribution is 7.47. The Labute approximate surface area is 435 Å². The smallest absolute Gasteiger partial charge is 0.462 e. The summed E-state index contributed by atoms with van der Waals surface area (Å²) in [5, 5.41) is 0. The van der Waals surface area contributed by atoms with Crippen molar-refractivity contribution in [2.75, 3.05) is 47.5 Å². The van der Waals surface area contributed by atoms with Crippen molar-refractivity contribution in [2.45, 2.75) is 315 Å². The molecule has 0 aromatic carbocycles. The van der Waals surface area contributed by atoms with Crippen molar-refractivity contribution >= 4 is 19.8 Å². The molecule has 0 radical (unpaired) electrons. The second kappa shape index (κ2) is 52.6. The van der Waals surface area contributed by atoms with Crippen LogP contribution in [0.4, 0.5) is 0 Å². The molecule has 0 fully saturated rings. The van der Waals surface area contributed by atoms with Crippen LogP contribution in [0.3, 0.4) is 0 Å². The third kappa shape index (κ3) is 56.1. The van der Waals surface area contributed by atoms with Crippen LogP contribution in [0, 0.1) is 0 Å². The first-order chi connectivity index (χ1) is 34.0. The molecular weight excluding hydrogens is 894 g/mol. The molecule has 0 amide bonds. The van der Waals surface area contributed by atoms with Crippen molar-refractivity contribution in [1.82, 2.24) is 0 Å². The Balaban J connectivity index is 3.80. The molecule has 10 heteroatoms. The van der Waals surface area contributed by atoms with Gasteiger partial charge in [-0.05, 0) is 32.1 Å². The number of likely N-dealkylation sites (N-methyl/N-ethyl adjacent to an activating group) is 1. The number of ether oxygens (including phenoxy) is 2. The number of unbranched alkanes of at least 4 members (excludes halogenated alkanes) is 41. The number of carbonyl (C=O) groups is 2. The summed E-state index contributed by atoms with van der Waals surface area (Å²) in [5.41, 5.74) is 0. The van der Waals surface area contributed by atoms with Crippen LogP contribution < -0.4 is 0 Å². The van der Waals surface area contributed by atoms with Gasteiger partial charge in [-0.2, -0.15) is 0 Å². The molecular formula is C60H119NO8P+. The van der Waals surface area contributed by atoms with Crippen LogP contribution in [0.5, 0.6) is 0 Å². The van der Waals surface area contributed by atoms with Crippen LogP contribution >= 0.6 is 7.82 Å². The zero-order valence-corrected chi connectivity index (χ0v) is 48.2. The van der Waals surface area contributed by atoms with Gasteiger partial charge in [-0.25, -0.2) is 4.57 Å². The fraction of sp³-hybridized carbons (Fsp3) is 0.933. The molecule has 0 saturated heterocycles. The molecule has 0 aliphatic rings. The lowest BCUT2D eigenvalue weighted by atomic mass is 10.0. The van der Waals surface area contributed by atoms with Crippen molar-refractivity contribution in [2.24, 2.45) is 0 Å². The lowest BCUT2D eigenvalue weighted by Crippen LogP contribution is -2.37. The van der Waals surface area contributed by atoms with Crippen LogP contribution in [0.2, 0.25) is 0 Å². The molecule has 2 atom stereocenters. The molecule has 1 N–H and O–H groups in total. The summed E-state index contributed by atoms with van der Waals surface area (Å²) in [6, 6.07) is 0. The van der Waals surface area contributed by atoms with Gasteiger partial charge in [-0.1, -0.05) is 276 Å². The second-order valence-electron chi connectivity index (χ2n) is 22.1. The fourth-order valence-corrected chi connectivity index (χ4v) is 9.82. The largest absolute Gasteiger partial charge is 0.472 e. The van der Waals surface area contributed by atoms with Gasteiger partial charge in [0.1, 0.15) is 19.8 Å². The van der Waals surface area contributed by atoms with E-state index in [4.69, 9.17) is 18.5 Å². The number of esters is 2. The summed E-state index contributed by atoms with van der Waals surface area (Å²) in [6.45, 7) is 4.40. The van der Waals surface area contributed by atoms with E-state index in [1.54, 1.807) is 0 Å². The van der Waals surface area contributed by atoms with Crippen LogP contribution in [-0.4, -0.2) is 74.9 Å². The number of hydrogen-bond donors (Lipinski definition) is 1. The summed E-state index contributed by atoms with van der Waals surface area (Å²) in [4.78, 5) is 35.5. The maximum Gasteiger partial charge on any atom is 0.472 e. The molecule has 0 heterocycles. The summed E-state index contributed by atoms with van der Waals surface area (Å²) in [6.07, 6.45) is 62.0. The zero-order chi connectivity index (χ0) is 51.3. The fourth-order valence-electron chi connectivity index (χ4n) is 9.08. The topological polar surface area (TPSA) is 108 Å². The third-order valence-electron chi connectivity index (χ3n) is 13.8. The number of quaternary nitrogens is 1. The van der Waals surface area contributed by atoms with Gasteiger partial charge < -0.3 is 18.9 Å². The van der Waals surface area contributed by atoms with Gasteiger partial charge in [0.25, 0.3) is 0 Å². The second-order valence-corrected chi connectivity index (χ2v) is 23.6. The molecule has 0 aromatic heterocycles. The first-order valence-electron chi connectivity index (χ1n) is 30.4. The summed E-state index contributed by atoms with van der Waals surface area (Å²) >= 11 is 0. The number of nitrogens with zero attached hydrogens (tertiary/aromatic N) is 1. The lowest BCUT2D eigenvalue weighted by molar-refractivity contribution is -0.870. The molecule has 0 aliphatic carbocycles. The van der Waals surface area contributed by atoms with Crippen molar-refractivity contribution in [3.05, 3.63) is 12.2 Å². The first kappa shape index (κ1) is 68.8. The van der Waals surface area contributed by atoms with Crippen molar-refractivity contribution in [3.8, 4) is 0 Å². The van der Waals surface area contributed by atoms with Gasteiger partial charge in [-0.15, -0.1) is 0 Å². The van der Waals surface area contributed by atoms with Crippen molar-refractivity contribution in [3.63, 3.8) is 0 Å². The van der Waals surface area contributed by atoms with Crippen LogP contribution in [0.15, 0.2) is 12.2 Å². The SMILES string of the molecule is CCC/C=C\CCCCCCCC(=O)OC(COC(=O)CCCCCCCCCCCCCCCCCCCCCCCCCCCCCCCCCCCCCC)COP(=O)(O)OCC[N+](C)(C)C. The van der Waals surface area contributed by atoms with Gasteiger partial charge in [-0.3, -0.25) is 18.6 Å². The Hall–Kier alpha value is -1.25. The molecule has 70 heavy (non-hydrogen) atoms. The third-order valence-corrected chi connectivity index (χ3v) is 14.8. The van der Waals surface area contributed by atoms with E-state index in [1.807, 2.05) is 21.1 Å². The van der Waals surface area contributed by atoms with Crippen LogP contribution in [-0.2, 0) is 32.7 Å². The Morgan fingerprint density at radius 3 is 1.11 bits per heavy atom. The predicted octanol–water partition coefficient (Wildman–Crippen LogP) is 18.8. The molecule has 0 bridgehead atoms. The van der Waals surface area contributed by atoms with E-state index >= 15 is 0 Å². The monoisotopic (exact) mass is 1010 g/mol. The Morgan fingerprint density at radius 2 is 0.757 bits per heavy atom. The molecule has 9 nitrogen and oxygen atoms in total. The standard InChI is InChI=1S/C60H118NO8P/c1-6-8-10-12-14-16-18-19-20-21-22-23-24-25-26-27-28-29-30-31-32-33-34-35-36-37-38-39-40-41-42-43-45-46-48-50-52-59(62)66-56-58(57-68-70(64,65)67-55-54-61(3,4)5)69-60(63)53-51-49-47-44-17-15-13-11-9-7-2/h11,13,58H,6-10,12,14-57H2,1-5H3/p+1/b13-11-. The van der Waals surface area contributed by atoms with E-state index in [0.29, 0.717) is 23.9 Å². The molecule has 2 unspecified atom stereocenters. The number of carbonyl (C=O) groups excluding carboxylic acids is 2. The highest BCUT2D eigenvalue weighted by Crippen LogP contribution is 2.43. The molecule has 0 saturated carbocycles.